The van der Waals surface area contributed by atoms with E-state index < -0.39 is 0 Å². The molecule has 76 valence electrons. The zero-order valence-corrected chi connectivity index (χ0v) is 10.3. The summed E-state index contributed by atoms with van der Waals surface area (Å²) >= 11 is 3.58. The Balaban J connectivity index is 2.02. The number of anilines is 1. The van der Waals surface area contributed by atoms with Gasteiger partial charge in [-0.3, -0.25) is 0 Å². The Hall–Kier alpha value is -0.500. The lowest BCUT2D eigenvalue weighted by Gasteiger charge is -2.34. The quantitative estimate of drug-likeness (QED) is 0.842. The highest BCUT2D eigenvalue weighted by molar-refractivity contribution is 9.10. The molecule has 1 fully saturated rings. The fourth-order valence-corrected chi connectivity index (χ4v) is 2.59. The van der Waals surface area contributed by atoms with E-state index in [1.165, 1.54) is 28.6 Å². The average molecular weight is 254 g/mol. The number of hydrogen-bond acceptors (Lipinski definition) is 1. The number of aryl methyl sites for hydroxylation is 1. The smallest absolute Gasteiger partial charge is 0.0486 e. The maximum Gasteiger partial charge on any atom is 0.0486 e. The van der Waals surface area contributed by atoms with Crippen LogP contribution in [0, 0.1) is 12.8 Å². The lowest BCUT2D eigenvalue weighted by atomic mass is 9.82. The van der Waals surface area contributed by atoms with Crippen molar-refractivity contribution in [3.63, 3.8) is 0 Å². The van der Waals surface area contributed by atoms with Crippen LogP contribution in [-0.2, 0) is 0 Å². The summed E-state index contributed by atoms with van der Waals surface area (Å²) in [5.41, 5.74) is 2.52. The highest BCUT2D eigenvalue weighted by Gasteiger charge is 2.25. The molecule has 0 aliphatic heterocycles. The van der Waals surface area contributed by atoms with Crippen molar-refractivity contribution in [2.75, 3.05) is 5.32 Å². The Morgan fingerprint density at radius 2 is 2.07 bits per heavy atom. The van der Waals surface area contributed by atoms with Crippen LogP contribution in [0.2, 0.25) is 0 Å². The van der Waals surface area contributed by atoms with Gasteiger partial charge in [-0.15, -0.1) is 0 Å². The third-order valence-electron chi connectivity index (χ3n) is 2.86. The molecular weight excluding hydrogens is 238 g/mol. The lowest BCUT2D eigenvalue weighted by molar-refractivity contribution is 0.309. The first-order valence-electron chi connectivity index (χ1n) is 5.18. The van der Waals surface area contributed by atoms with Crippen molar-refractivity contribution in [2.45, 2.75) is 32.7 Å². The second kappa shape index (κ2) is 3.93. The first-order chi connectivity index (χ1) is 6.65. The van der Waals surface area contributed by atoms with Crippen LogP contribution in [0.4, 0.5) is 5.69 Å². The molecule has 1 aliphatic carbocycles. The topological polar surface area (TPSA) is 12.0 Å². The van der Waals surface area contributed by atoms with Gasteiger partial charge in [0.15, 0.2) is 0 Å². The maximum absolute atomic E-state index is 3.58. The van der Waals surface area contributed by atoms with Crippen molar-refractivity contribution in [2.24, 2.45) is 5.92 Å². The van der Waals surface area contributed by atoms with Crippen LogP contribution >= 0.6 is 15.9 Å². The van der Waals surface area contributed by atoms with Gasteiger partial charge in [0.25, 0.3) is 0 Å². The molecule has 1 aromatic rings. The second-order valence-electron chi connectivity index (χ2n) is 4.40. The lowest BCUT2D eigenvalue weighted by Crippen LogP contribution is -2.33. The fourth-order valence-electron chi connectivity index (χ4n) is 1.98. The van der Waals surface area contributed by atoms with Gasteiger partial charge in [-0.25, -0.2) is 0 Å². The SMILES string of the molecule is Cc1ccc(NC2CC(C)C2)c(Br)c1. The summed E-state index contributed by atoms with van der Waals surface area (Å²) in [6, 6.07) is 7.14. The Morgan fingerprint density at radius 1 is 1.36 bits per heavy atom. The molecule has 0 atom stereocenters. The summed E-state index contributed by atoms with van der Waals surface area (Å²) in [5, 5.41) is 3.56. The standard InChI is InChI=1S/C12H16BrN/c1-8-3-4-12(11(13)7-8)14-10-5-9(2)6-10/h3-4,7,9-10,14H,5-6H2,1-2H3. The number of nitrogens with one attached hydrogen (secondary N) is 1. The molecule has 0 saturated heterocycles. The maximum atomic E-state index is 3.58. The van der Waals surface area contributed by atoms with Gasteiger partial charge in [-0.05, 0) is 59.3 Å². The molecule has 0 unspecified atom stereocenters. The van der Waals surface area contributed by atoms with Crippen molar-refractivity contribution < 1.29 is 0 Å². The zero-order chi connectivity index (χ0) is 10.1. The van der Waals surface area contributed by atoms with E-state index in [2.05, 4.69) is 53.3 Å². The Labute approximate surface area is 94.0 Å². The van der Waals surface area contributed by atoms with Crippen molar-refractivity contribution in [3.8, 4) is 0 Å². The summed E-state index contributed by atoms with van der Waals surface area (Å²) in [7, 11) is 0. The summed E-state index contributed by atoms with van der Waals surface area (Å²) in [6.07, 6.45) is 2.61. The molecule has 0 aromatic heterocycles. The van der Waals surface area contributed by atoms with Crippen LogP contribution in [-0.4, -0.2) is 6.04 Å². The van der Waals surface area contributed by atoms with Gasteiger partial charge in [0, 0.05) is 16.2 Å². The van der Waals surface area contributed by atoms with E-state index in [0.717, 1.165) is 5.92 Å². The van der Waals surface area contributed by atoms with Crippen LogP contribution in [0.15, 0.2) is 22.7 Å². The Bertz CT molecular complexity index is 329. The minimum Gasteiger partial charge on any atom is -0.381 e. The average Bonchev–Trinajstić information content (AvgIpc) is 2.06. The third kappa shape index (κ3) is 2.11. The Morgan fingerprint density at radius 3 is 2.64 bits per heavy atom. The molecule has 0 radical (unpaired) electrons. The molecule has 0 bridgehead atoms. The zero-order valence-electron chi connectivity index (χ0n) is 8.68. The fraction of sp³-hybridized carbons (Fsp3) is 0.500. The molecule has 1 aliphatic rings. The highest BCUT2D eigenvalue weighted by Crippen LogP contribution is 2.32. The third-order valence-corrected chi connectivity index (χ3v) is 3.51. The van der Waals surface area contributed by atoms with E-state index in [9.17, 15) is 0 Å². The van der Waals surface area contributed by atoms with E-state index in [1.54, 1.807) is 0 Å². The molecule has 0 heterocycles. The van der Waals surface area contributed by atoms with E-state index in [0.29, 0.717) is 6.04 Å². The first kappa shape index (κ1) is 10.0. The summed E-state index contributed by atoms with van der Waals surface area (Å²) in [6.45, 7) is 4.42. The van der Waals surface area contributed by atoms with Gasteiger partial charge in [-0.1, -0.05) is 13.0 Å². The monoisotopic (exact) mass is 253 g/mol. The number of rotatable bonds is 2. The van der Waals surface area contributed by atoms with Gasteiger partial charge in [0.1, 0.15) is 0 Å². The highest BCUT2D eigenvalue weighted by atomic mass is 79.9. The van der Waals surface area contributed by atoms with Crippen LogP contribution < -0.4 is 5.32 Å². The molecule has 1 saturated carbocycles. The van der Waals surface area contributed by atoms with Crippen LogP contribution in [0.25, 0.3) is 0 Å². The predicted octanol–water partition coefficient (Wildman–Crippen LogP) is 3.97. The molecule has 1 aromatic carbocycles. The number of benzene rings is 1. The summed E-state index contributed by atoms with van der Waals surface area (Å²) in [5.74, 6) is 0.900. The number of halogens is 1. The predicted molar refractivity (Wildman–Crippen MR) is 64.7 cm³/mol. The van der Waals surface area contributed by atoms with Crippen molar-refractivity contribution >= 4 is 21.6 Å². The van der Waals surface area contributed by atoms with E-state index in [1.807, 2.05) is 0 Å². The molecule has 0 amide bonds. The van der Waals surface area contributed by atoms with E-state index in [-0.39, 0.29) is 0 Å². The molecule has 1 nitrogen and oxygen atoms in total. The normalized spacial score (nSPS) is 25.6. The van der Waals surface area contributed by atoms with E-state index in [4.69, 9.17) is 0 Å². The van der Waals surface area contributed by atoms with Gasteiger partial charge in [-0.2, -0.15) is 0 Å². The van der Waals surface area contributed by atoms with Gasteiger partial charge in [0.2, 0.25) is 0 Å². The molecule has 0 spiro atoms. The summed E-state index contributed by atoms with van der Waals surface area (Å²) < 4.78 is 1.18. The van der Waals surface area contributed by atoms with Crippen LogP contribution in [0.3, 0.4) is 0 Å². The van der Waals surface area contributed by atoms with Gasteiger partial charge < -0.3 is 5.32 Å². The minimum absolute atomic E-state index is 0.684. The van der Waals surface area contributed by atoms with E-state index >= 15 is 0 Å². The van der Waals surface area contributed by atoms with Crippen LogP contribution in [0.1, 0.15) is 25.3 Å². The molecular formula is C12H16BrN. The molecule has 2 rings (SSSR count). The summed E-state index contributed by atoms with van der Waals surface area (Å²) in [4.78, 5) is 0. The molecule has 2 heteroatoms. The largest absolute Gasteiger partial charge is 0.381 e. The minimum atomic E-state index is 0.684. The van der Waals surface area contributed by atoms with Crippen molar-refractivity contribution in [1.29, 1.82) is 0 Å². The molecule has 14 heavy (non-hydrogen) atoms. The number of hydrogen-bond donors (Lipinski definition) is 1. The Kier molecular flexibility index (Phi) is 2.82. The van der Waals surface area contributed by atoms with Crippen molar-refractivity contribution in [3.05, 3.63) is 28.2 Å². The first-order valence-corrected chi connectivity index (χ1v) is 5.97. The second-order valence-corrected chi connectivity index (χ2v) is 5.26. The van der Waals surface area contributed by atoms with Crippen molar-refractivity contribution in [1.82, 2.24) is 0 Å². The molecule has 1 N–H and O–H groups in total. The van der Waals surface area contributed by atoms with Crippen LogP contribution in [0.5, 0.6) is 0 Å². The van der Waals surface area contributed by atoms with Gasteiger partial charge in [0.05, 0.1) is 0 Å². The van der Waals surface area contributed by atoms with Gasteiger partial charge >= 0.3 is 0 Å².